The number of ether oxygens (including phenoxy) is 1. The van der Waals surface area contributed by atoms with Crippen LogP contribution >= 0.6 is 0 Å². The van der Waals surface area contributed by atoms with Crippen molar-refractivity contribution in [3.8, 4) is 0 Å². The molecule has 0 bridgehead atoms. The Bertz CT molecular complexity index is 422. The van der Waals surface area contributed by atoms with Gasteiger partial charge in [-0.3, -0.25) is 4.79 Å². The summed E-state index contributed by atoms with van der Waals surface area (Å²) < 4.78 is 5.63. The van der Waals surface area contributed by atoms with Gasteiger partial charge < -0.3 is 15.4 Å². The summed E-state index contributed by atoms with van der Waals surface area (Å²) in [5.41, 5.74) is 6.57. The van der Waals surface area contributed by atoms with E-state index in [2.05, 4.69) is 29.2 Å². The minimum Gasteiger partial charge on any atom is -0.381 e. The van der Waals surface area contributed by atoms with Gasteiger partial charge in [0.05, 0.1) is 6.10 Å². The average molecular weight is 276 g/mol. The van der Waals surface area contributed by atoms with E-state index in [1.54, 1.807) is 7.11 Å². The van der Waals surface area contributed by atoms with Crippen molar-refractivity contribution in [2.75, 3.05) is 26.7 Å². The van der Waals surface area contributed by atoms with E-state index in [9.17, 15) is 4.79 Å². The van der Waals surface area contributed by atoms with E-state index in [1.165, 1.54) is 5.56 Å². The van der Waals surface area contributed by atoms with Crippen molar-refractivity contribution in [2.45, 2.75) is 25.4 Å². The summed E-state index contributed by atoms with van der Waals surface area (Å²) in [4.78, 5) is 13.2. The lowest BCUT2D eigenvalue weighted by Crippen LogP contribution is -2.45. The van der Waals surface area contributed by atoms with Gasteiger partial charge in [-0.1, -0.05) is 30.3 Å². The maximum absolute atomic E-state index is 10.9. The Balaban J connectivity index is 1.94. The van der Waals surface area contributed by atoms with Crippen molar-refractivity contribution in [3.05, 3.63) is 35.9 Å². The van der Waals surface area contributed by atoms with E-state index in [0.29, 0.717) is 18.4 Å². The highest BCUT2D eigenvalue weighted by Gasteiger charge is 2.29. The molecule has 0 saturated carbocycles. The Morgan fingerprint density at radius 1 is 1.40 bits per heavy atom. The number of methoxy groups -OCH3 is 1. The Kier molecular flexibility index (Phi) is 5.56. The molecule has 1 aromatic carbocycles. The molecule has 1 aliphatic rings. The monoisotopic (exact) mass is 276 g/mol. The third-order valence-electron chi connectivity index (χ3n) is 4.07. The zero-order valence-corrected chi connectivity index (χ0v) is 12.1. The predicted octanol–water partition coefficient (Wildman–Crippen LogP) is 1.44. The lowest BCUT2D eigenvalue weighted by atomic mass is 9.88. The van der Waals surface area contributed by atoms with Crippen molar-refractivity contribution in [3.63, 3.8) is 0 Å². The maximum atomic E-state index is 10.9. The number of rotatable bonds is 6. The molecule has 20 heavy (non-hydrogen) atoms. The first-order chi connectivity index (χ1) is 9.69. The predicted molar refractivity (Wildman–Crippen MR) is 79.3 cm³/mol. The number of carbonyl (C=O) groups excluding carboxylic acids is 1. The smallest absolute Gasteiger partial charge is 0.218 e. The van der Waals surface area contributed by atoms with Crippen LogP contribution in [0.25, 0.3) is 0 Å². The Morgan fingerprint density at radius 2 is 2.15 bits per heavy atom. The number of carbonyl (C=O) groups is 1. The van der Waals surface area contributed by atoms with E-state index < -0.39 is 0 Å². The second-order valence-corrected chi connectivity index (χ2v) is 5.53. The number of primary amides is 1. The molecule has 110 valence electrons. The Labute approximate surface area is 120 Å². The highest BCUT2D eigenvalue weighted by atomic mass is 16.5. The molecule has 4 nitrogen and oxygen atoms in total. The summed E-state index contributed by atoms with van der Waals surface area (Å²) in [5, 5.41) is 0. The largest absolute Gasteiger partial charge is 0.381 e. The van der Waals surface area contributed by atoms with Crippen molar-refractivity contribution >= 4 is 5.91 Å². The molecule has 0 spiro atoms. The fraction of sp³-hybridized carbons (Fsp3) is 0.562. The normalized spacial score (nSPS) is 23.6. The summed E-state index contributed by atoms with van der Waals surface area (Å²) >= 11 is 0. The molecule has 1 amide bonds. The molecule has 0 radical (unpaired) electrons. The quantitative estimate of drug-likeness (QED) is 0.855. The van der Waals surface area contributed by atoms with E-state index >= 15 is 0 Å². The summed E-state index contributed by atoms with van der Waals surface area (Å²) in [6, 6.07) is 10.5. The van der Waals surface area contributed by atoms with Crippen LogP contribution in [0, 0.1) is 5.92 Å². The van der Waals surface area contributed by atoms with E-state index in [-0.39, 0.29) is 5.91 Å². The van der Waals surface area contributed by atoms with Gasteiger partial charge in [0.25, 0.3) is 0 Å². The molecule has 2 atom stereocenters. The third-order valence-corrected chi connectivity index (χ3v) is 4.07. The number of amides is 1. The summed E-state index contributed by atoms with van der Waals surface area (Å²) in [6.07, 6.45) is 2.79. The van der Waals surface area contributed by atoms with Gasteiger partial charge >= 0.3 is 0 Å². The van der Waals surface area contributed by atoms with Crippen LogP contribution in [0.2, 0.25) is 0 Å². The molecule has 1 fully saturated rings. The lowest BCUT2D eigenvalue weighted by molar-refractivity contribution is -0.118. The molecule has 2 rings (SSSR count). The molecule has 1 aliphatic heterocycles. The van der Waals surface area contributed by atoms with Crippen molar-refractivity contribution in [1.82, 2.24) is 4.90 Å². The Hall–Kier alpha value is -1.39. The summed E-state index contributed by atoms with van der Waals surface area (Å²) in [6.45, 7) is 2.72. The van der Waals surface area contributed by atoms with Crippen LogP contribution in [0.5, 0.6) is 0 Å². The van der Waals surface area contributed by atoms with Crippen LogP contribution in [0.15, 0.2) is 30.3 Å². The minimum atomic E-state index is -0.224. The molecular weight excluding hydrogens is 252 g/mol. The highest BCUT2D eigenvalue weighted by Crippen LogP contribution is 2.23. The highest BCUT2D eigenvalue weighted by molar-refractivity contribution is 5.73. The molecule has 0 unspecified atom stereocenters. The van der Waals surface area contributed by atoms with Crippen LogP contribution in [0.1, 0.15) is 18.4 Å². The van der Waals surface area contributed by atoms with Gasteiger partial charge in [0.2, 0.25) is 5.91 Å². The number of nitrogens with two attached hydrogens (primary N) is 1. The first-order valence-corrected chi connectivity index (χ1v) is 7.26. The second-order valence-electron chi connectivity index (χ2n) is 5.53. The van der Waals surface area contributed by atoms with Crippen LogP contribution in [-0.4, -0.2) is 43.7 Å². The third kappa shape index (κ3) is 4.32. The van der Waals surface area contributed by atoms with E-state index in [0.717, 1.165) is 32.5 Å². The zero-order chi connectivity index (χ0) is 14.4. The summed E-state index contributed by atoms with van der Waals surface area (Å²) in [7, 11) is 1.79. The number of hydrogen-bond donors (Lipinski definition) is 1. The van der Waals surface area contributed by atoms with Gasteiger partial charge in [0.1, 0.15) is 0 Å². The number of nitrogens with zero attached hydrogens (tertiary/aromatic N) is 1. The van der Waals surface area contributed by atoms with Crippen LogP contribution < -0.4 is 5.73 Å². The van der Waals surface area contributed by atoms with Crippen LogP contribution in [0.3, 0.4) is 0 Å². The van der Waals surface area contributed by atoms with Gasteiger partial charge in [-0.15, -0.1) is 0 Å². The first kappa shape index (κ1) is 15.0. The van der Waals surface area contributed by atoms with Crippen molar-refractivity contribution in [1.29, 1.82) is 0 Å². The van der Waals surface area contributed by atoms with Gasteiger partial charge in [-0.25, -0.2) is 0 Å². The van der Waals surface area contributed by atoms with Crippen molar-refractivity contribution in [2.24, 2.45) is 11.7 Å². The standard InChI is InChI=1S/C16H24N2O2/c1-20-15-7-9-18(10-8-16(17)19)12-14(15)11-13-5-3-2-4-6-13/h2-6,14-15H,7-12H2,1H3,(H2,17,19)/t14-,15-/m1/s1. The SMILES string of the molecule is CO[C@@H]1CCN(CCC(N)=O)C[C@H]1Cc1ccccc1. The number of likely N-dealkylation sites (tertiary alicyclic amines) is 1. The fourth-order valence-corrected chi connectivity index (χ4v) is 2.98. The molecule has 1 heterocycles. The average Bonchev–Trinajstić information content (AvgIpc) is 2.46. The van der Waals surface area contributed by atoms with E-state index in [4.69, 9.17) is 10.5 Å². The van der Waals surface area contributed by atoms with E-state index in [1.807, 2.05) is 6.07 Å². The summed E-state index contributed by atoms with van der Waals surface area (Å²) in [5.74, 6) is 0.252. The molecule has 1 aromatic rings. The maximum Gasteiger partial charge on any atom is 0.218 e. The molecule has 2 N–H and O–H groups in total. The van der Waals surface area contributed by atoms with Crippen molar-refractivity contribution < 1.29 is 9.53 Å². The first-order valence-electron chi connectivity index (χ1n) is 7.26. The molecular formula is C16H24N2O2. The number of benzene rings is 1. The molecule has 4 heteroatoms. The van der Waals surface area contributed by atoms with Crippen LogP contribution in [-0.2, 0) is 16.0 Å². The lowest BCUT2D eigenvalue weighted by Gasteiger charge is -2.38. The molecule has 0 aromatic heterocycles. The zero-order valence-electron chi connectivity index (χ0n) is 12.1. The van der Waals surface area contributed by atoms with Crippen LogP contribution in [0.4, 0.5) is 0 Å². The molecule has 1 saturated heterocycles. The van der Waals surface area contributed by atoms with Gasteiger partial charge in [-0.05, 0) is 18.4 Å². The fourth-order valence-electron chi connectivity index (χ4n) is 2.98. The van der Waals surface area contributed by atoms with Gasteiger partial charge in [0, 0.05) is 39.1 Å². The number of piperidine rings is 1. The second kappa shape index (κ2) is 7.41. The Morgan fingerprint density at radius 3 is 2.80 bits per heavy atom. The minimum absolute atomic E-state index is 0.224. The topological polar surface area (TPSA) is 55.6 Å². The number of hydrogen-bond acceptors (Lipinski definition) is 3. The van der Waals surface area contributed by atoms with Gasteiger partial charge in [-0.2, -0.15) is 0 Å². The van der Waals surface area contributed by atoms with Gasteiger partial charge in [0.15, 0.2) is 0 Å². The molecule has 0 aliphatic carbocycles.